The Balaban J connectivity index is 2.33. The van der Waals surface area contributed by atoms with Gasteiger partial charge >= 0.3 is 0 Å². The summed E-state index contributed by atoms with van der Waals surface area (Å²) in [7, 11) is 0. The van der Waals surface area contributed by atoms with Crippen molar-refractivity contribution in [3.05, 3.63) is 34.1 Å². The lowest BCUT2D eigenvalue weighted by atomic mass is 9.74. The van der Waals surface area contributed by atoms with Crippen molar-refractivity contribution in [1.29, 1.82) is 0 Å². The summed E-state index contributed by atoms with van der Waals surface area (Å²) in [6.07, 6.45) is 0. The van der Waals surface area contributed by atoms with Gasteiger partial charge in [-0.3, -0.25) is 0 Å². The summed E-state index contributed by atoms with van der Waals surface area (Å²) in [5.74, 6) is -0.135. The molecular formula is C11H13BrFN. The van der Waals surface area contributed by atoms with Crippen molar-refractivity contribution >= 4 is 15.9 Å². The Hall–Kier alpha value is -0.410. The van der Waals surface area contributed by atoms with Crippen LogP contribution in [0.1, 0.15) is 25.5 Å². The lowest BCUT2D eigenvalue weighted by Crippen LogP contribution is -2.52. The first-order chi connectivity index (χ1) is 6.50. The fourth-order valence-corrected chi connectivity index (χ4v) is 2.21. The minimum atomic E-state index is -0.135. The van der Waals surface area contributed by atoms with Gasteiger partial charge in [-0.15, -0.1) is 0 Å². The molecule has 1 fully saturated rings. The molecule has 1 atom stereocenters. The van der Waals surface area contributed by atoms with Crippen molar-refractivity contribution in [3.8, 4) is 0 Å². The van der Waals surface area contributed by atoms with E-state index in [2.05, 4.69) is 35.1 Å². The monoisotopic (exact) mass is 257 g/mol. The SMILES string of the molecule is CC1(C)CNC1c1ccc(Br)cc1F. The standard InChI is InChI=1S/C11H13BrFN/c1-11(2)6-14-10(11)8-4-3-7(12)5-9(8)13/h3-5,10,14H,6H2,1-2H3. The van der Waals surface area contributed by atoms with E-state index in [9.17, 15) is 4.39 Å². The lowest BCUT2D eigenvalue weighted by molar-refractivity contribution is 0.125. The molecule has 3 heteroatoms. The smallest absolute Gasteiger partial charge is 0.129 e. The van der Waals surface area contributed by atoms with Crippen molar-refractivity contribution in [2.24, 2.45) is 5.41 Å². The van der Waals surface area contributed by atoms with E-state index in [1.54, 1.807) is 0 Å². The maximum absolute atomic E-state index is 13.6. The van der Waals surface area contributed by atoms with E-state index in [1.807, 2.05) is 12.1 Å². The van der Waals surface area contributed by atoms with Crippen LogP contribution in [-0.4, -0.2) is 6.54 Å². The Kier molecular flexibility index (Phi) is 2.40. The summed E-state index contributed by atoms with van der Waals surface area (Å²) in [6, 6.07) is 5.40. The third-order valence-electron chi connectivity index (χ3n) is 2.82. The van der Waals surface area contributed by atoms with E-state index in [0.29, 0.717) is 0 Å². The van der Waals surface area contributed by atoms with Gasteiger partial charge in [0.05, 0.1) is 0 Å². The number of benzene rings is 1. The Morgan fingerprint density at radius 1 is 1.50 bits per heavy atom. The molecule has 1 unspecified atom stereocenters. The highest BCUT2D eigenvalue weighted by molar-refractivity contribution is 9.10. The maximum atomic E-state index is 13.6. The fourth-order valence-electron chi connectivity index (χ4n) is 1.88. The first-order valence-electron chi connectivity index (χ1n) is 4.69. The molecule has 1 aromatic rings. The van der Waals surface area contributed by atoms with Gasteiger partial charge in [-0.2, -0.15) is 0 Å². The van der Waals surface area contributed by atoms with Gasteiger partial charge in [-0.05, 0) is 17.5 Å². The highest BCUT2D eigenvalue weighted by Gasteiger charge is 2.40. The van der Waals surface area contributed by atoms with Crippen molar-refractivity contribution in [3.63, 3.8) is 0 Å². The van der Waals surface area contributed by atoms with Crippen molar-refractivity contribution in [1.82, 2.24) is 5.32 Å². The number of halogens is 2. The minimum Gasteiger partial charge on any atom is -0.309 e. The van der Waals surface area contributed by atoms with Crippen LogP contribution in [0.3, 0.4) is 0 Å². The van der Waals surface area contributed by atoms with E-state index >= 15 is 0 Å². The Morgan fingerprint density at radius 2 is 2.21 bits per heavy atom. The van der Waals surface area contributed by atoms with Gasteiger partial charge in [-0.1, -0.05) is 35.8 Å². The first-order valence-corrected chi connectivity index (χ1v) is 5.48. The average Bonchev–Trinajstić information content (AvgIpc) is 2.08. The molecule has 1 aliphatic rings. The van der Waals surface area contributed by atoms with Crippen LogP contribution in [-0.2, 0) is 0 Å². The molecule has 1 heterocycles. The van der Waals surface area contributed by atoms with E-state index < -0.39 is 0 Å². The molecule has 1 nitrogen and oxygen atoms in total. The predicted molar refractivity (Wildman–Crippen MR) is 58.6 cm³/mol. The normalized spacial score (nSPS) is 24.4. The predicted octanol–water partition coefficient (Wildman–Crippen LogP) is 3.26. The van der Waals surface area contributed by atoms with Crippen LogP contribution in [0.2, 0.25) is 0 Å². The molecule has 0 radical (unpaired) electrons. The van der Waals surface area contributed by atoms with Gasteiger partial charge in [0, 0.05) is 22.6 Å². The number of hydrogen-bond donors (Lipinski definition) is 1. The second kappa shape index (κ2) is 3.31. The number of hydrogen-bond acceptors (Lipinski definition) is 1. The molecule has 0 spiro atoms. The third-order valence-corrected chi connectivity index (χ3v) is 3.31. The summed E-state index contributed by atoms with van der Waals surface area (Å²) >= 11 is 3.25. The van der Waals surface area contributed by atoms with Crippen molar-refractivity contribution < 1.29 is 4.39 Å². The van der Waals surface area contributed by atoms with Gasteiger partial charge in [-0.25, -0.2) is 4.39 Å². The van der Waals surface area contributed by atoms with Crippen LogP contribution in [0, 0.1) is 11.2 Å². The zero-order chi connectivity index (χ0) is 10.3. The quantitative estimate of drug-likeness (QED) is 0.815. The van der Waals surface area contributed by atoms with E-state index in [4.69, 9.17) is 0 Å². The summed E-state index contributed by atoms with van der Waals surface area (Å²) in [5.41, 5.74) is 0.929. The topological polar surface area (TPSA) is 12.0 Å². The molecule has 0 aliphatic carbocycles. The van der Waals surface area contributed by atoms with E-state index in [-0.39, 0.29) is 17.3 Å². The highest BCUT2D eigenvalue weighted by Crippen LogP contribution is 2.41. The Bertz CT molecular complexity index is 362. The second-order valence-corrected chi connectivity index (χ2v) is 5.38. The van der Waals surface area contributed by atoms with Crippen LogP contribution < -0.4 is 5.32 Å². The molecular weight excluding hydrogens is 245 g/mol. The molecule has 0 amide bonds. The zero-order valence-electron chi connectivity index (χ0n) is 8.27. The van der Waals surface area contributed by atoms with Gasteiger partial charge in [0.2, 0.25) is 0 Å². The summed E-state index contributed by atoms with van der Waals surface area (Å²) in [4.78, 5) is 0. The summed E-state index contributed by atoms with van der Waals surface area (Å²) < 4.78 is 14.4. The van der Waals surface area contributed by atoms with Gasteiger partial charge in [0.25, 0.3) is 0 Å². The van der Waals surface area contributed by atoms with Crippen molar-refractivity contribution in [2.45, 2.75) is 19.9 Å². The van der Waals surface area contributed by atoms with E-state index in [1.165, 1.54) is 6.07 Å². The maximum Gasteiger partial charge on any atom is 0.129 e. The third kappa shape index (κ3) is 1.59. The first kappa shape index (κ1) is 10.1. The van der Waals surface area contributed by atoms with Crippen LogP contribution in [0.4, 0.5) is 4.39 Å². The molecule has 1 aliphatic heterocycles. The van der Waals surface area contributed by atoms with Crippen molar-refractivity contribution in [2.75, 3.05) is 6.54 Å². The molecule has 76 valence electrons. The van der Waals surface area contributed by atoms with Crippen LogP contribution in [0.25, 0.3) is 0 Å². The number of nitrogens with one attached hydrogen (secondary N) is 1. The van der Waals surface area contributed by atoms with Gasteiger partial charge in [0.15, 0.2) is 0 Å². The molecule has 0 saturated carbocycles. The molecule has 2 rings (SSSR count). The molecule has 1 aromatic carbocycles. The largest absolute Gasteiger partial charge is 0.309 e. The molecule has 1 saturated heterocycles. The van der Waals surface area contributed by atoms with E-state index in [0.717, 1.165) is 16.6 Å². The molecule has 0 aromatic heterocycles. The average molecular weight is 258 g/mol. The minimum absolute atomic E-state index is 0.135. The van der Waals surface area contributed by atoms with Crippen LogP contribution in [0.15, 0.2) is 22.7 Å². The lowest BCUT2D eigenvalue weighted by Gasteiger charge is -2.46. The van der Waals surface area contributed by atoms with Gasteiger partial charge in [0.1, 0.15) is 5.82 Å². The molecule has 1 N–H and O–H groups in total. The zero-order valence-corrected chi connectivity index (χ0v) is 9.86. The summed E-state index contributed by atoms with van der Waals surface area (Å²) in [5, 5.41) is 3.26. The van der Waals surface area contributed by atoms with Gasteiger partial charge < -0.3 is 5.32 Å². The molecule has 0 bridgehead atoms. The fraction of sp³-hybridized carbons (Fsp3) is 0.455. The highest BCUT2D eigenvalue weighted by atomic mass is 79.9. The van der Waals surface area contributed by atoms with Crippen LogP contribution in [0.5, 0.6) is 0 Å². The van der Waals surface area contributed by atoms with Crippen LogP contribution >= 0.6 is 15.9 Å². The Morgan fingerprint density at radius 3 is 2.64 bits per heavy atom. The molecule has 14 heavy (non-hydrogen) atoms. The Labute approximate surface area is 91.8 Å². The summed E-state index contributed by atoms with van der Waals surface area (Å²) in [6.45, 7) is 5.25. The second-order valence-electron chi connectivity index (χ2n) is 4.47. The number of rotatable bonds is 1.